The Morgan fingerprint density at radius 1 is 1.47 bits per heavy atom. The quantitative estimate of drug-likeness (QED) is 0.351. The largest absolute Gasteiger partial charge is 0.464 e. The fourth-order valence-electron chi connectivity index (χ4n) is 1.06. The van der Waals surface area contributed by atoms with Crippen LogP contribution in [0.3, 0.4) is 0 Å². The summed E-state index contributed by atoms with van der Waals surface area (Å²) in [5.74, 6) is -0.227. The van der Waals surface area contributed by atoms with Gasteiger partial charge in [-0.2, -0.15) is 0 Å². The molecule has 0 radical (unpaired) electrons. The maximum atomic E-state index is 11.0. The van der Waals surface area contributed by atoms with Gasteiger partial charge in [-0.15, -0.1) is 0 Å². The zero-order chi connectivity index (χ0) is 12.7. The molecule has 1 aromatic carbocycles. The number of carbonyl (C=O) groups excluding carboxylic acids is 2. The molecule has 0 saturated carbocycles. The zero-order valence-electron chi connectivity index (χ0n) is 9.18. The van der Waals surface area contributed by atoms with Gasteiger partial charge in [0.2, 0.25) is 0 Å². The van der Waals surface area contributed by atoms with E-state index < -0.39 is 5.97 Å². The third-order valence-corrected chi connectivity index (χ3v) is 2.02. The van der Waals surface area contributed by atoms with Crippen molar-refractivity contribution in [2.45, 2.75) is 6.92 Å². The van der Waals surface area contributed by atoms with Crippen LogP contribution in [0.1, 0.15) is 17.3 Å². The minimum absolute atomic E-state index is 0.285. The van der Waals surface area contributed by atoms with Crippen molar-refractivity contribution < 1.29 is 19.1 Å². The van der Waals surface area contributed by atoms with Gasteiger partial charge in [-0.3, -0.25) is 4.79 Å². The molecule has 0 atom stereocenters. The van der Waals surface area contributed by atoms with Crippen molar-refractivity contribution >= 4 is 23.9 Å². The fourth-order valence-corrected chi connectivity index (χ4v) is 1.22. The first kappa shape index (κ1) is 13.3. The summed E-state index contributed by atoms with van der Waals surface area (Å²) in [7, 11) is 0. The zero-order valence-corrected chi connectivity index (χ0v) is 9.94. The third-order valence-electron chi connectivity index (χ3n) is 1.79. The minimum atomic E-state index is -0.512. The molecule has 0 N–H and O–H groups in total. The second-order valence-corrected chi connectivity index (χ2v) is 3.41. The van der Waals surface area contributed by atoms with Gasteiger partial charge in [0.15, 0.2) is 6.29 Å². The molecular formula is C12H11ClO4. The first-order valence-corrected chi connectivity index (χ1v) is 5.30. The lowest BCUT2D eigenvalue weighted by Crippen LogP contribution is -2.00. The van der Waals surface area contributed by atoms with Crippen LogP contribution in [0.25, 0.3) is 0 Å². The van der Waals surface area contributed by atoms with Gasteiger partial charge in [0.25, 0.3) is 0 Å². The first-order valence-electron chi connectivity index (χ1n) is 4.92. The number of carbonyl (C=O) groups is 2. The first-order chi connectivity index (χ1) is 8.17. The maximum absolute atomic E-state index is 11.0. The lowest BCUT2D eigenvalue weighted by Gasteiger charge is -2.03. The normalized spacial score (nSPS) is 10.2. The van der Waals surface area contributed by atoms with Crippen LogP contribution in [-0.4, -0.2) is 18.9 Å². The average molecular weight is 255 g/mol. The highest BCUT2D eigenvalue weighted by molar-refractivity contribution is 6.30. The van der Waals surface area contributed by atoms with Gasteiger partial charge in [-0.05, 0) is 19.1 Å². The van der Waals surface area contributed by atoms with Crippen LogP contribution in [0.5, 0.6) is 5.75 Å². The standard InChI is InChI=1S/C12H11ClO4/c1-2-16-12(15)5-6-17-11-7-10(13)4-3-9(11)8-14/h3-8H,2H2,1H3. The van der Waals surface area contributed by atoms with Crippen LogP contribution >= 0.6 is 11.6 Å². The van der Waals surface area contributed by atoms with Gasteiger partial charge in [0, 0.05) is 11.1 Å². The van der Waals surface area contributed by atoms with Crippen molar-refractivity contribution in [2.75, 3.05) is 6.61 Å². The highest BCUT2D eigenvalue weighted by Gasteiger charge is 2.03. The highest BCUT2D eigenvalue weighted by atomic mass is 35.5. The molecule has 17 heavy (non-hydrogen) atoms. The molecule has 0 heterocycles. The molecule has 0 aliphatic rings. The second kappa shape index (κ2) is 6.70. The predicted molar refractivity (Wildman–Crippen MR) is 63.2 cm³/mol. The van der Waals surface area contributed by atoms with E-state index in [1.165, 1.54) is 12.1 Å². The van der Waals surface area contributed by atoms with Crippen molar-refractivity contribution in [1.82, 2.24) is 0 Å². The van der Waals surface area contributed by atoms with E-state index >= 15 is 0 Å². The molecule has 5 heteroatoms. The summed E-state index contributed by atoms with van der Waals surface area (Å²) in [6.07, 6.45) is 2.92. The van der Waals surface area contributed by atoms with E-state index in [9.17, 15) is 9.59 Å². The molecule has 90 valence electrons. The van der Waals surface area contributed by atoms with Crippen LogP contribution < -0.4 is 4.74 Å². The lowest BCUT2D eigenvalue weighted by molar-refractivity contribution is -0.137. The van der Waals surface area contributed by atoms with Gasteiger partial charge in [-0.1, -0.05) is 11.6 Å². The molecule has 1 aromatic rings. The molecule has 1 rings (SSSR count). The third kappa shape index (κ3) is 4.28. The molecule has 0 bridgehead atoms. The SMILES string of the molecule is CCOC(=O)C=COc1cc(Cl)ccc1C=O. The molecule has 0 aliphatic heterocycles. The van der Waals surface area contributed by atoms with E-state index in [0.717, 1.165) is 12.3 Å². The van der Waals surface area contributed by atoms with Gasteiger partial charge < -0.3 is 9.47 Å². The summed E-state index contributed by atoms with van der Waals surface area (Å²) >= 11 is 5.75. The molecule has 0 saturated heterocycles. The van der Waals surface area contributed by atoms with Crippen LogP contribution in [0.15, 0.2) is 30.5 Å². The summed E-state index contributed by atoms with van der Waals surface area (Å²) in [4.78, 5) is 21.7. The maximum Gasteiger partial charge on any atom is 0.333 e. The van der Waals surface area contributed by atoms with E-state index in [1.54, 1.807) is 13.0 Å². The number of halogens is 1. The number of benzene rings is 1. The molecular weight excluding hydrogens is 244 g/mol. The van der Waals surface area contributed by atoms with E-state index in [4.69, 9.17) is 16.3 Å². The lowest BCUT2D eigenvalue weighted by atomic mass is 10.2. The predicted octanol–water partition coefficient (Wildman–Crippen LogP) is 2.61. The van der Waals surface area contributed by atoms with Crippen molar-refractivity contribution in [3.63, 3.8) is 0 Å². The Bertz CT molecular complexity index is 440. The molecule has 0 unspecified atom stereocenters. The number of rotatable bonds is 5. The molecule has 0 amide bonds. The Morgan fingerprint density at radius 2 is 2.24 bits per heavy atom. The Kier molecular flexibility index (Phi) is 5.23. The van der Waals surface area contributed by atoms with Gasteiger partial charge in [-0.25, -0.2) is 4.79 Å². The Balaban J connectivity index is 2.71. The van der Waals surface area contributed by atoms with Crippen molar-refractivity contribution in [3.05, 3.63) is 41.1 Å². The summed E-state index contributed by atoms with van der Waals surface area (Å²) in [6, 6.07) is 4.59. The summed E-state index contributed by atoms with van der Waals surface area (Å²) in [6.45, 7) is 1.99. The Labute approximate surface area is 104 Å². The number of ether oxygens (including phenoxy) is 2. The smallest absolute Gasteiger partial charge is 0.333 e. The number of esters is 1. The second-order valence-electron chi connectivity index (χ2n) is 2.97. The van der Waals surface area contributed by atoms with E-state index in [2.05, 4.69) is 4.74 Å². The number of hydrogen-bond acceptors (Lipinski definition) is 4. The fraction of sp³-hybridized carbons (Fsp3) is 0.167. The van der Waals surface area contributed by atoms with Gasteiger partial charge in [0.1, 0.15) is 5.75 Å². The molecule has 4 nitrogen and oxygen atoms in total. The van der Waals surface area contributed by atoms with E-state index in [0.29, 0.717) is 23.5 Å². The van der Waals surface area contributed by atoms with Crippen LogP contribution in [0, 0.1) is 0 Å². The molecule has 0 aliphatic carbocycles. The number of aldehydes is 1. The Hall–Kier alpha value is -1.81. The Morgan fingerprint density at radius 3 is 2.88 bits per heavy atom. The molecule has 0 fully saturated rings. The minimum Gasteiger partial charge on any atom is -0.464 e. The van der Waals surface area contributed by atoms with Crippen molar-refractivity contribution in [3.8, 4) is 5.75 Å². The van der Waals surface area contributed by atoms with Crippen molar-refractivity contribution in [2.24, 2.45) is 0 Å². The highest BCUT2D eigenvalue weighted by Crippen LogP contribution is 2.22. The number of hydrogen-bond donors (Lipinski definition) is 0. The topological polar surface area (TPSA) is 52.6 Å². The van der Waals surface area contributed by atoms with Crippen LogP contribution in [0.4, 0.5) is 0 Å². The van der Waals surface area contributed by atoms with Crippen molar-refractivity contribution in [1.29, 1.82) is 0 Å². The summed E-state index contributed by atoms with van der Waals surface area (Å²) in [5.41, 5.74) is 0.350. The molecule has 0 spiro atoms. The average Bonchev–Trinajstić information content (AvgIpc) is 2.30. The molecule has 0 aromatic heterocycles. The van der Waals surface area contributed by atoms with Gasteiger partial charge in [0.05, 0.1) is 24.5 Å². The monoisotopic (exact) mass is 254 g/mol. The van der Waals surface area contributed by atoms with Crippen LogP contribution in [-0.2, 0) is 9.53 Å². The van der Waals surface area contributed by atoms with Crippen LogP contribution in [0.2, 0.25) is 5.02 Å². The van der Waals surface area contributed by atoms with E-state index in [1.807, 2.05) is 0 Å². The van der Waals surface area contributed by atoms with E-state index in [-0.39, 0.29) is 5.75 Å². The summed E-state index contributed by atoms with van der Waals surface area (Å²) < 4.78 is 9.79. The van der Waals surface area contributed by atoms with Gasteiger partial charge >= 0.3 is 5.97 Å². The summed E-state index contributed by atoms with van der Waals surface area (Å²) in [5, 5.41) is 0.440.